The summed E-state index contributed by atoms with van der Waals surface area (Å²) in [6, 6.07) is 0.485. The highest BCUT2D eigenvalue weighted by Crippen LogP contribution is 2.44. The normalized spacial score (nSPS) is 26.5. The van der Waals surface area contributed by atoms with Gasteiger partial charge in [0.25, 0.3) is 0 Å². The predicted octanol–water partition coefficient (Wildman–Crippen LogP) is 3.37. The molecule has 2 atom stereocenters. The van der Waals surface area contributed by atoms with Gasteiger partial charge in [0.1, 0.15) is 0 Å². The summed E-state index contributed by atoms with van der Waals surface area (Å²) in [6.45, 7) is 15.9. The molecular formula is C16H33NO2. The molecule has 0 amide bonds. The Labute approximate surface area is 119 Å². The summed E-state index contributed by atoms with van der Waals surface area (Å²) in [6.07, 6.45) is 3.28. The Morgan fingerprint density at radius 3 is 2.37 bits per heavy atom. The summed E-state index contributed by atoms with van der Waals surface area (Å²) in [5, 5.41) is 3.63. The van der Waals surface area contributed by atoms with Crippen molar-refractivity contribution in [2.24, 2.45) is 5.92 Å². The fourth-order valence-electron chi connectivity index (χ4n) is 3.40. The predicted molar refractivity (Wildman–Crippen MR) is 80.5 cm³/mol. The molecule has 3 nitrogen and oxygen atoms in total. The molecule has 0 aromatic heterocycles. The largest absolute Gasteiger partial charge is 0.381 e. The van der Waals surface area contributed by atoms with E-state index in [-0.39, 0.29) is 11.2 Å². The molecule has 0 aromatic carbocycles. The number of rotatable bonds is 8. The molecule has 2 unspecified atom stereocenters. The van der Waals surface area contributed by atoms with Gasteiger partial charge in [-0.3, -0.25) is 0 Å². The Balaban J connectivity index is 2.59. The van der Waals surface area contributed by atoms with Gasteiger partial charge in [-0.2, -0.15) is 0 Å². The van der Waals surface area contributed by atoms with Crippen molar-refractivity contribution in [3.63, 3.8) is 0 Å². The fourth-order valence-corrected chi connectivity index (χ4v) is 3.40. The minimum Gasteiger partial charge on any atom is -0.381 e. The van der Waals surface area contributed by atoms with Gasteiger partial charge in [0.05, 0.1) is 11.2 Å². The zero-order valence-electron chi connectivity index (χ0n) is 13.7. The molecular weight excluding hydrogens is 238 g/mol. The Hall–Kier alpha value is -0.120. The van der Waals surface area contributed by atoms with Crippen molar-refractivity contribution in [3.05, 3.63) is 0 Å². The molecule has 1 fully saturated rings. The maximum Gasteiger partial charge on any atom is 0.0677 e. The van der Waals surface area contributed by atoms with Gasteiger partial charge in [-0.05, 0) is 53.5 Å². The second-order valence-electron chi connectivity index (χ2n) is 6.84. The van der Waals surface area contributed by atoms with Crippen LogP contribution in [0, 0.1) is 5.92 Å². The lowest BCUT2D eigenvalue weighted by atomic mass is 9.80. The first-order valence-corrected chi connectivity index (χ1v) is 7.83. The highest BCUT2D eigenvalue weighted by molar-refractivity contribution is 4.99. The lowest BCUT2D eigenvalue weighted by Gasteiger charge is -2.33. The molecule has 0 spiro atoms. The van der Waals surface area contributed by atoms with Crippen molar-refractivity contribution in [3.8, 4) is 0 Å². The zero-order chi connectivity index (χ0) is 14.5. The van der Waals surface area contributed by atoms with E-state index >= 15 is 0 Å². The lowest BCUT2D eigenvalue weighted by Crippen LogP contribution is -2.44. The summed E-state index contributed by atoms with van der Waals surface area (Å²) < 4.78 is 11.9. The SMILES string of the molecule is CCCOCCC(NCC)C1CC(C)(C)OC1(C)C. The zero-order valence-corrected chi connectivity index (χ0v) is 13.7. The van der Waals surface area contributed by atoms with E-state index in [2.05, 4.69) is 46.9 Å². The molecule has 0 aliphatic carbocycles. The summed E-state index contributed by atoms with van der Waals surface area (Å²) in [7, 11) is 0. The molecule has 1 aliphatic heterocycles. The summed E-state index contributed by atoms with van der Waals surface area (Å²) in [5.41, 5.74) is -0.0623. The number of hydrogen-bond acceptors (Lipinski definition) is 3. The van der Waals surface area contributed by atoms with Crippen molar-refractivity contribution in [1.82, 2.24) is 5.32 Å². The highest BCUT2D eigenvalue weighted by Gasteiger charge is 2.48. The Morgan fingerprint density at radius 1 is 1.21 bits per heavy atom. The van der Waals surface area contributed by atoms with Gasteiger partial charge in [-0.15, -0.1) is 0 Å². The first-order valence-electron chi connectivity index (χ1n) is 7.83. The first-order chi connectivity index (χ1) is 8.82. The minimum absolute atomic E-state index is 0.00782. The van der Waals surface area contributed by atoms with Crippen LogP contribution in [0.15, 0.2) is 0 Å². The van der Waals surface area contributed by atoms with E-state index in [1.165, 1.54) is 0 Å². The highest BCUT2D eigenvalue weighted by atomic mass is 16.5. The fraction of sp³-hybridized carbons (Fsp3) is 1.00. The smallest absolute Gasteiger partial charge is 0.0677 e. The van der Waals surface area contributed by atoms with Gasteiger partial charge in [0, 0.05) is 25.2 Å². The van der Waals surface area contributed by atoms with E-state index in [9.17, 15) is 0 Å². The number of ether oxygens (including phenoxy) is 2. The van der Waals surface area contributed by atoms with Gasteiger partial charge in [-0.25, -0.2) is 0 Å². The Kier molecular flexibility index (Phi) is 6.28. The van der Waals surface area contributed by atoms with Crippen LogP contribution in [0.4, 0.5) is 0 Å². The summed E-state index contributed by atoms with van der Waals surface area (Å²) in [4.78, 5) is 0. The molecule has 0 aromatic rings. The number of nitrogens with one attached hydrogen (secondary N) is 1. The molecule has 114 valence electrons. The summed E-state index contributed by atoms with van der Waals surface area (Å²) in [5.74, 6) is 0.549. The van der Waals surface area contributed by atoms with Crippen LogP contribution in [0.5, 0.6) is 0 Å². The molecule has 1 aliphatic rings. The maximum absolute atomic E-state index is 6.22. The lowest BCUT2D eigenvalue weighted by molar-refractivity contribution is -0.0784. The Bertz CT molecular complexity index is 263. The average Bonchev–Trinajstić information content (AvgIpc) is 2.51. The molecule has 1 rings (SSSR count). The van der Waals surface area contributed by atoms with Gasteiger partial charge >= 0.3 is 0 Å². The molecule has 3 heteroatoms. The molecule has 1 N–H and O–H groups in total. The van der Waals surface area contributed by atoms with Gasteiger partial charge < -0.3 is 14.8 Å². The molecule has 0 bridgehead atoms. The number of hydrogen-bond donors (Lipinski definition) is 1. The molecule has 1 heterocycles. The van der Waals surface area contributed by atoms with E-state index in [1.807, 2.05) is 0 Å². The van der Waals surface area contributed by atoms with E-state index in [4.69, 9.17) is 9.47 Å². The van der Waals surface area contributed by atoms with Gasteiger partial charge in [-0.1, -0.05) is 13.8 Å². The molecule has 0 saturated carbocycles. The third-order valence-electron chi connectivity index (χ3n) is 4.02. The first kappa shape index (κ1) is 16.9. The van der Waals surface area contributed by atoms with Gasteiger partial charge in [0.2, 0.25) is 0 Å². The van der Waals surface area contributed by atoms with E-state index in [0.29, 0.717) is 12.0 Å². The van der Waals surface area contributed by atoms with Crippen LogP contribution in [0.1, 0.15) is 60.8 Å². The van der Waals surface area contributed by atoms with E-state index < -0.39 is 0 Å². The maximum atomic E-state index is 6.22. The van der Waals surface area contributed by atoms with Crippen LogP contribution < -0.4 is 5.32 Å². The second kappa shape index (κ2) is 7.05. The van der Waals surface area contributed by atoms with Crippen LogP contribution in [-0.2, 0) is 9.47 Å². The molecule has 0 radical (unpaired) electrons. The van der Waals surface area contributed by atoms with E-state index in [0.717, 1.165) is 39.0 Å². The van der Waals surface area contributed by atoms with Crippen LogP contribution >= 0.6 is 0 Å². The van der Waals surface area contributed by atoms with Crippen LogP contribution in [-0.4, -0.2) is 37.0 Å². The van der Waals surface area contributed by atoms with Crippen molar-refractivity contribution in [1.29, 1.82) is 0 Å². The van der Waals surface area contributed by atoms with Crippen molar-refractivity contribution < 1.29 is 9.47 Å². The summed E-state index contributed by atoms with van der Waals surface area (Å²) >= 11 is 0. The standard InChI is InChI=1S/C16H33NO2/c1-7-10-18-11-9-14(17-8-2)13-12-15(3,4)19-16(13,5)6/h13-14,17H,7-12H2,1-6H3. The molecule has 19 heavy (non-hydrogen) atoms. The van der Waals surface area contributed by atoms with Gasteiger partial charge in [0.15, 0.2) is 0 Å². The monoisotopic (exact) mass is 271 g/mol. The Morgan fingerprint density at radius 2 is 1.89 bits per heavy atom. The topological polar surface area (TPSA) is 30.5 Å². The van der Waals surface area contributed by atoms with E-state index in [1.54, 1.807) is 0 Å². The molecule has 1 saturated heterocycles. The second-order valence-corrected chi connectivity index (χ2v) is 6.84. The quantitative estimate of drug-likeness (QED) is 0.687. The van der Waals surface area contributed by atoms with Crippen molar-refractivity contribution in [2.75, 3.05) is 19.8 Å². The third kappa shape index (κ3) is 5.05. The van der Waals surface area contributed by atoms with Crippen LogP contribution in [0.3, 0.4) is 0 Å². The average molecular weight is 271 g/mol. The minimum atomic E-state index is -0.0545. The van der Waals surface area contributed by atoms with Crippen molar-refractivity contribution >= 4 is 0 Å². The van der Waals surface area contributed by atoms with Crippen molar-refractivity contribution in [2.45, 2.75) is 78.0 Å². The van der Waals surface area contributed by atoms with Crippen LogP contribution in [0.25, 0.3) is 0 Å². The van der Waals surface area contributed by atoms with Crippen LogP contribution in [0.2, 0.25) is 0 Å². The third-order valence-corrected chi connectivity index (χ3v) is 4.02.